The van der Waals surface area contributed by atoms with Crippen LogP contribution in [-0.2, 0) is 24.2 Å². The zero-order chi connectivity index (χ0) is 23.1. The largest absolute Gasteiger partial charge is 0.497 e. The van der Waals surface area contributed by atoms with Crippen LogP contribution in [0.2, 0.25) is 0 Å². The summed E-state index contributed by atoms with van der Waals surface area (Å²) < 4.78 is 7.21. The van der Waals surface area contributed by atoms with Crippen LogP contribution in [0, 0.1) is 0 Å². The molecule has 9 nitrogen and oxygen atoms in total. The van der Waals surface area contributed by atoms with Crippen LogP contribution < -0.4 is 15.4 Å². The van der Waals surface area contributed by atoms with E-state index >= 15 is 0 Å². The molecule has 0 bridgehead atoms. The Morgan fingerprint density at radius 3 is 2.67 bits per heavy atom. The molecule has 1 atom stereocenters. The fraction of sp³-hybridized carbons (Fsp3) is 0.565. The number of benzene rings is 1. The number of hydrogen-bond acceptors (Lipinski definition) is 5. The topological polar surface area (TPSA) is 96.7 Å². The van der Waals surface area contributed by atoms with Gasteiger partial charge in [0.25, 0.3) is 0 Å². The van der Waals surface area contributed by atoms with Crippen molar-refractivity contribution in [2.75, 3.05) is 34.3 Å². The van der Waals surface area contributed by atoms with E-state index in [1.165, 1.54) is 5.56 Å². The normalized spacial score (nSPS) is 15.5. The van der Waals surface area contributed by atoms with E-state index < -0.39 is 0 Å². The van der Waals surface area contributed by atoms with Gasteiger partial charge in [-0.05, 0) is 30.5 Å². The van der Waals surface area contributed by atoms with Crippen molar-refractivity contribution in [1.82, 2.24) is 30.3 Å². The Hall–Kier alpha value is -2.37. The van der Waals surface area contributed by atoms with Crippen LogP contribution in [0.15, 0.2) is 29.3 Å². The second-order valence-electron chi connectivity index (χ2n) is 8.58. The van der Waals surface area contributed by atoms with Crippen molar-refractivity contribution in [1.29, 1.82) is 0 Å². The number of fused-ring (bicyclic) bond motifs is 1. The lowest BCUT2D eigenvalue weighted by atomic mass is 10.1. The van der Waals surface area contributed by atoms with E-state index in [1.54, 1.807) is 26.1 Å². The van der Waals surface area contributed by atoms with Gasteiger partial charge < -0.3 is 20.3 Å². The number of carbonyl (C=O) groups excluding carboxylic acids is 1. The van der Waals surface area contributed by atoms with Crippen LogP contribution in [0.3, 0.4) is 0 Å². The molecule has 2 heterocycles. The summed E-state index contributed by atoms with van der Waals surface area (Å²) >= 11 is 0. The summed E-state index contributed by atoms with van der Waals surface area (Å²) in [4.78, 5) is 22.8. The van der Waals surface area contributed by atoms with E-state index in [0.29, 0.717) is 18.4 Å². The van der Waals surface area contributed by atoms with Crippen LogP contribution in [0.5, 0.6) is 5.75 Å². The molecule has 0 spiro atoms. The number of aliphatic imine (C=N–C) groups is 1. The number of amides is 1. The molecule has 0 saturated heterocycles. The van der Waals surface area contributed by atoms with Gasteiger partial charge in [-0.2, -0.15) is 5.10 Å². The molecule has 2 N–H and O–H groups in total. The van der Waals surface area contributed by atoms with Crippen molar-refractivity contribution in [3.63, 3.8) is 0 Å². The third kappa shape index (κ3) is 7.86. The number of methoxy groups -OCH3 is 1. The maximum atomic E-state index is 12.1. The quantitative estimate of drug-likeness (QED) is 0.288. The molecule has 0 fully saturated rings. The Balaban J connectivity index is 0.00000385. The number of rotatable bonds is 8. The maximum Gasteiger partial charge on any atom is 0.243 e. The minimum atomic E-state index is -0.0370. The number of aromatic nitrogens is 3. The lowest BCUT2D eigenvalue weighted by Gasteiger charge is -2.25. The summed E-state index contributed by atoms with van der Waals surface area (Å²) in [7, 11) is 5.14. The van der Waals surface area contributed by atoms with Crippen molar-refractivity contribution >= 4 is 35.8 Å². The summed E-state index contributed by atoms with van der Waals surface area (Å²) in [6.45, 7) is 5.75. The summed E-state index contributed by atoms with van der Waals surface area (Å²) in [5, 5.41) is 11.5. The van der Waals surface area contributed by atoms with E-state index in [4.69, 9.17) is 4.74 Å². The highest BCUT2D eigenvalue weighted by molar-refractivity contribution is 14.0. The SMILES string of the molecule is COc1ccc(CCNC(=NCC(=O)N(C)C)NC2CCc3nc(C(C)C)nn3C2)cc1.I. The number of halogens is 1. The van der Waals surface area contributed by atoms with Gasteiger partial charge in [0.15, 0.2) is 11.8 Å². The Morgan fingerprint density at radius 1 is 1.30 bits per heavy atom. The number of nitrogens with zero attached hydrogens (tertiary/aromatic N) is 5. The predicted octanol–water partition coefficient (Wildman–Crippen LogP) is 2.21. The Bertz CT molecular complexity index is 925. The highest BCUT2D eigenvalue weighted by Gasteiger charge is 2.23. The van der Waals surface area contributed by atoms with Gasteiger partial charge in [-0.25, -0.2) is 14.7 Å². The lowest BCUT2D eigenvalue weighted by molar-refractivity contribution is -0.127. The maximum absolute atomic E-state index is 12.1. The number of carbonyl (C=O) groups is 1. The number of nitrogens with one attached hydrogen (secondary N) is 2. The standard InChI is InChI=1S/C23H35N7O2.HI/c1-16(2)22-27-20-11-8-18(15-30(20)28-22)26-23(25-14-21(31)29(3)4)24-13-12-17-6-9-19(32-5)10-7-17;/h6-7,9-10,16,18H,8,11-15H2,1-5H3,(H2,24,25,26);1H. The number of guanidine groups is 1. The molecule has 10 heteroatoms. The summed E-state index contributed by atoms with van der Waals surface area (Å²) in [5.41, 5.74) is 1.20. The van der Waals surface area contributed by atoms with Gasteiger partial charge >= 0.3 is 0 Å². The second kappa shape index (κ2) is 12.8. The molecule has 1 amide bonds. The first-order valence-corrected chi connectivity index (χ1v) is 11.2. The van der Waals surface area contributed by atoms with E-state index in [1.807, 2.05) is 16.8 Å². The Kier molecular flexibility index (Phi) is 10.4. The molecule has 1 aromatic heterocycles. The molecule has 0 saturated carbocycles. The van der Waals surface area contributed by atoms with Gasteiger partial charge in [0, 0.05) is 39.0 Å². The molecular weight excluding hydrogens is 533 g/mol. The third-order valence-corrected chi connectivity index (χ3v) is 5.47. The van der Waals surface area contributed by atoms with E-state index in [-0.39, 0.29) is 42.5 Å². The minimum Gasteiger partial charge on any atom is -0.497 e. The molecule has 3 rings (SSSR count). The van der Waals surface area contributed by atoms with E-state index in [9.17, 15) is 4.79 Å². The van der Waals surface area contributed by atoms with Crippen LogP contribution in [-0.4, -0.2) is 71.9 Å². The van der Waals surface area contributed by atoms with E-state index in [0.717, 1.165) is 43.2 Å². The third-order valence-electron chi connectivity index (χ3n) is 5.47. The molecule has 1 aliphatic heterocycles. The molecule has 182 valence electrons. The van der Waals surface area contributed by atoms with Crippen LogP contribution in [0.25, 0.3) is 0 Å². The average Bonchev–Trinajstić information content (AvgIpc) is 3.21. The molecule has 0 aliphatic carbocycles. The fourth-order valence-corrected chi connectivity index (χ4v) is 3.44. The van der Waals surface area contributed by atoms with Crippen LogP contribution >= 0.6 is 24.0 Å². The molecule has 1 aliphatic rings. The van der Waals surface area contributed by atoms with Gasteiger partial charge in [0.2, 0.25) is 5.91 Å². The zero-order valence-electron chi connectivity index (χ0n) is 20.2. The van der Waals surface area contributed by atoms with Crippen molar-refractivity contribution < 1.29 is 9.53 Å². The van der Waals surface area contributed by atoms with Gasteiger partial charge in [-0.15, -0.1) is 24.0 Å². The predicted molar refractivity (Wildman–Crippen MR) is 140 cm³/mol. The summed E-state index contributed by atoms with van der Waals surface area (Å²) in [5.74, 6) is 3.70. The number of likely N-dealkylation sites (N-methyl/N-ethyl adjacent to an activating group) is 1. The van der Waals surface area contributed by atoms with Crippen LogP contribution in [0.4, 0.5) is 0 Å². The lowest BCUT2D eigenvalue weighted by Crippen LogP contribution is -2.48. The summed E-state index contributed by atoms with van der Waals surface area (Å²) in [6.07, 6.45) is 2.64. The van der Waals surface area contributed by atoms with Gasteiger partial charge in [0.05, 0.1) is 13.7 Å². The summed E-state index contributed by atoms with van der Waals surface area (Å²) in [6, 6.07) is 8.20. The highest BCUT2D eigenvalue weighted by Crippen LogP contribution is 2.17. The first-order valence-electron chi connectivity index (χ1n) is 11.2. The monoisotopic (exact) mass is 569 g/mol. The average molecular weight is 569 g/mol. The Labute approximate surface area is 213 Å². The Morgan fingerprint density at radius 2 is 2.03 bits per heavy atom. The first kappa shape index (κ1) is 26.9. The molecule has 0 radical (unpaired) electrons. The molecular formula is C23H36IN7O2. The smallest absolute Gasteiger partial charge is 0.243 e. The first-order chi connectivity index (χ1) is 15.4. The van der Waals surface area contributed by atoms with Crippen molar-refractivity contribution in [3.05, 3.63) is 41.5 Å². The zero-order valence-corrected chi connectivity index (χ0v) is 22.5. The van der Waals surface area contributed by atoms with Crippen molar-refractivity contribution in [2.45, 2.75) is 51.6 Å². The fourth-order valence-electron chi connectivity index (χ4n) is 3.44. The van der Waals surface area contributed by atoms with Gasteiger partial charge in [-0.1, -0.05) is 26.0 Å². The van der Waals surface area contributed by atoms with Crippen LogP contribution in [0.1, 0.15) is 43.4 Å². The molecule has 33 heavy (non-hydrogen) atoms. The minimum absolute atomic E-state index is 0. The van der Waals surface area contributed by atoms with E-state index in [2.05, 4.69) is 51.7 Å². The molecule has 1 unspecified atom stereocenters. The van der Waals surface area contributed by atoms with Gasteiger partial charge in [0.1, 0.15) is 18.1 Å². The van der Waals surface area contributed by atoms with Crippen molar-refractivity contribution in [2.24, 2.45) is 4.99 Å². The number of ether oxygens (including phenoxy) is 1. The number of hydrogen-bond donors (Lipinski definition) is 2. The highest BCUT2D eigenvalue weighted by atomic mass is 127. The second-order valence-corrected chi connectivity index (χ2v) is 8.58. The van der Waals surface area contributed by atoms with Gasteiger partial charge in [-0.3, -0.25) is 4.79 Å². The number of aryl methyl sites for hydroxylation is 1. The molecule has 1 aromatic carbocycles. The molecule has 2 aromatic rings. The van der Waals surface area contributed by atoms with Crippen molar-refractivity contribution in [3.8, 4) is 5.75 Å².